The molecule has 2 unspecified atom stereocenters. The topological polar surface area (TPSA) is 181 Å². The standard InChI is InChI=1S/C27H32N5O8P/c1-15(2)38-26(35)16(3)13-41(36,40-20-10-6-8-17-7-4-5-9-18(17)20)37-12-21-19(33)11-22(39-21)32-14-29-23-24(32)30-27(28)31-25(23)34/h4-10,14-16,19,21-22,33H,11-13H2,1-3H3,(H3,28,30,31,34)/t16-,19?,21-,22-,41?/m1/s1. The van der Waals surface area contributed by atoms with Crippen molar-refractivity contribution >= 4 is 41.4 Å². The van der Waals surface area contributed by atoms with Gasteiger partial charge in [-0.3, -0.25) is 23.7 Å². The first-order valence-corrected chi connectivity index (χ1v) is 14.9. The highest BCUT2D eigenvalue weighted by Crippen LogP contribution is 2.52. The van der Waals surface area contributed by atoms with Gasteiger partial charge in [0.15, 0.2) is 11.2 Å². The number of carbonyl (C=O) groups is 1. The number of nitrogens with one attached hydrogen (secondary N) is 1. The number of hydrogen-bond donors (Lipinski definition) is 3. The summed E-state index contributed by atoms with van der Waals surface area (Å²) < 4.78 is 38.9. The van der Waals surface area contributed by atoms with Crippen LogP contribution in [0.2, 0.25) is 0 Å². The zero-order valence-electron chi connectivity index (χ0n) is 22.8. The third kappa shape index (κ3) is 6.28. The molecule has 0 radical (unpaired) electrons. The van der Waals surface area contributed by atoms with E-state index in [2.05, 4.69) is 15.0 Å². The van der Waals surface area contributed by atoms with Crippen LogP contribution in [0, 0.1) is 5.92 Å². The molecule has 0 amide bonds. The van der Waals surface area contributed by atoms with Crippen LogP contribution in [-0.4, -0.2) is 61.7 Å². The maximum Gasteiger partial charge on any atom is 0.380 e. The van der Waals surface area contributed by atoms with Crippen LogP contribution in [-0.2, 0) is 23.4 Å². The van der Waals surface area contributed by atoms with Gasteiger partial charge in [-0.15, -0.1) is 0 Å². The van der Waals surface area contributed by atoms with Crippen molar-refractivity contribution in [3.63, 3.8) is 0 Å². The minimum Gasteiger partial charge on any atom is -0.463 e. The van der Waals surface area contributed by atoms with Crippen LogP contribution in [0.3, 0.4) is 0 Å². The Kier molecular flexibility index (Phi) is 8.14. The third-order valence-corrected chi connectivity index (χ3v) is 8.65. The summed E-state index contributed by atoms with van der Waals surface area (Å²) in [4.78, 5) is 35.3. The summed E-state index contributed by atoms with van der Waals surface area (Å²) in [5, 5.41) is 12.4. The molecular formula is C27H32N5O8P. The summed E-state index contributed by atoms with van der Waals surface area (Å²) in [6.45, 7) is 4.75. The van der Waals surface area contributed by atoms with Crippen LogP contribution >= 0.6 is 7.60 Å². The Morgan fingerprint density at radius 1 is 1.24 bits per heavy atom. The van der Waals surface area contributed by atoms with Gasteiger partial charge in [0.2, 0.25) is 5.95 Å². The second kappa shape index (κ2) is 11.6. The van der Waals surface area contributed by atoms with Gasteiger partial charge in [-0.2, -0.15) is 4.98 Å². The van der Waals surface area contributed by atoms with Crippen LogP contribution in [0.5, 0.6) is 5.75 Å². The molecule has 1 aliphatic heterocycles. The van der Waals surface area contributed by atoms with Crippen LogP contribution in [0.15, 0.2) is 53.6 Å². The van der Waals surface area contributed by atoms with Crippen molar-refractivity contribution in [2.45, 2.75) is 51.7 Å². The molecule has 0 bridgehead atoms. The van der Waals surface area contributed by atoms with Gasteiger partial charge in [-0.1, -0.05) is 43.3 Å². The zero-order valence-corrected chi connectivity index (χ0v) is 23.7. The first-order valence-electron chi connectivity index (χ1n) is 13.2. The summed E-state index contributed by atoms with van der Waals surface area (Å²) in [6, 6.07) is 12.8. The predicted octanol–water partition coefficient (Wildman–Crippen LogP) is 3.38. The molecule has 4 N–H and O–H groups in total. The van der Waals surface area contributed by atoms with Crippen molar-refractivity contribution in [3.8, 4) is 5.75 Å². The number of imidazole rings is 1. The van der Waals surface area contributed by atoms with E-state index in [4.69, 9.17) is 24.3 Å². The number of fused-ring (bicyclic) bond motifs is 2. The van der Waals surface area contributed by atoms with E-state index in [1.165, 1.54) is 10.9 Å². The van der Waals surface area contributed by atoms with Gasteiger partial charge in [-0.05, 0) is 25.3 Å². The Morgan fingerprint density at radius 3 is 2.78 bits per heavy atom. The third-order valence-electron chi connectivity index (χ3n) is 6.64. The molecule has 0 saturated carbocycles. The van der Waals surface area contributed by atoms with E-state index in [9.17, 15) is 19.3 Å². The van der Waals surface area contributed by atoms with Crippen molar-refractivity contribution in [2.24, 2.45) is 5.92 Å². The molecule has 3 heterocycles. The molecule has 1 saturated heterocycles. The SMILES string of the molecule is CC(C)OC(=O)[C@H](C)CP(=O)(OC[C@H]1O[C@@H](n2cnc3c(=O)[nH]c(N)nc32)CC1O)Oc1cccc2ccccc12. The van der Waals surface area contributed by atoms with Crippen molar-refractivity contribution in [1.29, 1.82) is 0 Å². The summed E-state index contributed by atoms with van der Waals surface area (Å²) in [5.41, 5.74) is 5.47. The van der Waals surface area contributed by atoms with Gasteiger partial charge in [0, 0.05) is 11.8 Å². The van der Waals surface area contributed by atoms with E-state index in [0.717, 1.165) is 10.8 Å². The number of esters is 1. The molecule has 5 rings (SSSR count). The fourth-order valence-corrected chi connectivity index (χ4v) is 6.56. The first kappa shape index (κ1) is 28.7. The molecule has 0 aliphatic carbocycles. The average molecular weight is 586 g/mol. The fourth-order valence-electron chi connectivity index (χ4n) is 4.68. The number of rotatable bonds is 10. The molecule has 41 heavy (non-hydrogen) atoms. The van der Waals surface area contributed by atoms with E-state index >= 15 is 0 Å². The normalized spacial score (nSPS) is 21.2. The van der Waals surface area contributed by atoms with Gasteiger partial charge < -0.3 is 24.8 Å². The van der Waals surface area contributed by atoms with E-state index in [1.54, 1.807) is 32.9 Å². The molecule has 4 aromatic rings. The lowest BCUT2D eigenvalue weighted by Crippen LogP contribution is -2.28. The summed E-state index contributed by atoms with van der Waals surface area (Å²) in [7, 11) is -4.00. The van der Waals surface area contributed by atoms with Crippen LogP contribution < -0.4 is 15.8 Å². The molecule has 218 valence electrons. The number of aromatic nitrogens is 4. The van der Waals surface area contributed by atoms with Gasteiger partial charge >= 0.3 is 13.6 Å². The lowest BCUT2D eigenvalue weighted by molar-refractivity contribution is -0.151. The lowest BCUT2D eigenvalue weighted by Gasteiger charge is -2.25. The van der Waals surface area contributed by atoms with E-state index in [-0.39, 0.29) is 42.4 Å². The van der Waals surface area contributed by atoms with Crippen molar-refractivity contribution < 1.29 is 33.0 Å². The Hall–Kier alpha value is -3.77. The molecule has 2 aromatic heterocycles. The number of nitrogen functional groups attached to an aromatic ring is 1. The Balaban J connectivity index is 1.36. The van der Waals surface area contributed by atoms with Crippen LogP contribution in [0.1, 0.15) is 33.4 Å². The zero-order chi connectivity index (χ0) is 29.3. The molecule has 0 spiro atoms. The number of aromatic amines is 1. The molecule has 5 atom stereocenters. The van der Waals surface area contributed by atoms with Gasteiger partial charge in [0.25, 0.3) is 5.56 Å². The van der Waals surface area contributed by atoms with E-state index in [0.29, 0.717) is 5.75 Å². The highest BCUT2D eigenvalue weighted by atomic mass is 31.2. The monoisotopic (exact) mass is 585 g/mol. The summed E-state index contributed by atoms with van der Waals surface area (Å²) >= 11 is 0. The molecular weight excluding hydrogens is 553 g/mol. The van der Waals surface area contributed by atoms with Gasteiger partial charge in [0.1, 0.15) is 18.1 Å². The number of carbonyl (C=O) groups excluding carboxylic acids is 1. The number of benzene rings is 2. The number of hydrogen-bond acceptors (Lipinski definition) is 11. The van der Waals surface area contributed by atoms with Crippen LogP contribution in [0.25, 0.3) is 21.9 Å². The number of nitrogens with zero attached hydrogens (tertiary/aromatic N) is 3. The van der Waals surface area contributed by atoms with Crippen molar-refractivity contribution in [3.05, 3.63) is 59.1 Å². The Labute approximate surface area is 235 Å². The van der Waals surface area contributed by atoms with Crippen molar-refractivity contribution in [1.82, 2.24) is 19.5 Å². The second-order valence-electron chi connectivity index (χ2n) is 10.3. The van der Waals surface area contributed by atoms with Crippen molar-refractivity contribution in [2.75, 3.05) is 18.5 Å². The summed E-state index contributed by atoms with van der Waals surface area (Å²) in [6.07, 6.45) is -1.75. The van der Waals surface area contributed by atoms with E-state index < -0.39 is 43.5 Å². The number of aliphatic hydroxyl groups is 1. The number of H-pyrrole nitrogens is 1. The summed E-state index contributed by atoms with van der Waals surface area (Å²) in [5.74, 6) is -1.08. The van der Waals surface area contributed by atoms with Gasteiger partial charge in [0.05, 0.1) is 37.2 Å². The number of anilines is 1. The lowest BCUT2D eigenvalue weighted by atomic mass is 10.1. The number of aliphatic hydroxyl groups excluding tert-OH is 1. The largest absolute Gasteiger partial charge is 0.463 e. The minimum atomic E-state index is -4.00. The highest BCUT2D eigenvalue weighted by molar-refractivity contribution is 7.54. The smallest absolute Gasteiger partial charge is 0.380 e. The van der Waals surface area contributed by atoms with Crippen LogP contribution in [0.4, 0.5) is 5.95 Å². The molecule has 14 heteroatoms. The van der Waals surface area contributed by atoms with Gasteiger partial charge in [-0.25, -0.2) is 9.55 Å². The maximum atomic E-state index is 14.2. The fraction of sp³-hybridized carbons (Fsp3) is 0.407. The molecule has 13 nitrogen and oxygen atoms in total. The maximum absolute atomic E-state index is 14.2. The number of nitrogens with two attached hydrogens (primary N) is 1. The second-order valence-corrected chi connectivity index (χ2v) is 12.3. The Morgan fingerprint density at radius 2 is 2.00 bits per heavy atom. The predicted molar refractivity (Wildman–Crippen MR) is 150 cm³/mol. The number of ether oxygens (including phenoxy) is 2. The minimum absolute atomic E-state index is 0.0762. The average Bonchev–Trinajstić information content (AvgIpc) is 3.50. The quantitative estimate of drug-likeness (QED) is 0.183. The first-order chi connectivity index (χ1) is 19.5. The molecule has 1 fully saturated rings. The van der Waals surface area contributed by atoms with E-state index in [1.807, 2.05) is 30.3 Å². The highest BCUT2D eigenvalue weighted by Gasteiger charge is 2.40. The Bertz CT molecular complexity index is 1670. The molecule has 1 aliphatic rings. The molecule has 2 aromatic carbocycles.